The van der Waals surface area contributed by atoms with Crippen LogP contribution in [-0.2, 0) is 6.18 Å². The molecule has 0 bridgehead atoms. The SMILES string of the molecule is Cl.O=C(Nc1ccc(C2CC2NCC2CC2)cc1)c1ccc(C(F)(F)F)cc1. The molecule has 2 N–H and O–H groups in total. The predicted molar refractivity (Wildman–Crippen MR) is 105 cm³/mol. The molecule has 0 aromatic heterocycles. The lowest BCUT2D eigenvalue weighted by atomic mass is 10.1. The first-order chi connectivity index (χ1) is 12.9. The van der Waals surface area contributed by atoms with Crippen LogP contribution in [0, 0.1) is 5.92 Å². The summed E-state index contributed by atoms with van der Waals surface area (Å²) in [6.45, 7) is 1.11. The van der Waals surface area contributed by atoms with Gasteiger partial charge >= 0.3 is 6.18 Å². The molecule has 0 heterocycles. The summed E-state index contributed by atoms with van der Waals surface area (Å²) in [4.78, 5) is 12.2. The van der Waals surface area contributed by atoms with E-state index in [0.717, 1.165) is 31.0 Å². The summed E-state index contributed by atoms with van der Waals surface area (Å²) in [5, 5.41) is 6.33. The van der Waals surface area contributed by atoms with Gasteiger partial charge in [0.05, 0.1) is 5.56 Å². The normalized spacial score (nSPS) is 21.0. The Bertz CT molecular complexity index is 817. The fourth-order valence-corrected chi connectivity index (χ4v) is 3.26. The maximum Gasteiger partial charge on any atom is 0.416 e. The predicted octanol–water partition coefficient (Wildman–Crippen LogP) is 5.24. The van der Waals surface area contributed by atoms with Crippen LogP contribution in [0.15, 0.2) is 48.5 Å². The number of nitrogens with one attached hydrogen (secondary N) is 2. The first-order valence-corrected chi connectivity index (χ1v) is 9.22. The van der Waals surface area contributed by atoms with Gasteiger partial charge < -0.3 is 10.6 Å². The van der Waals surface area contributed by atoms with Crippen LogP contribution in [0.3, 0.4) is 0 Å². The van der Waals surface area contributed by atoms with Crippen LogP contribution in [0.5, 0.6) is 0 Å². The number of anilines is 1. The van der Waals surface area contributed by atoms with Crippen molar-refractivity contribution in [2.24, 2.45) is 5.92 Å². The Hall–Kier alpha value is -2.05. The van der Waals surface area contributed by atoms with Gasteiger partial charge in [0.2, 0.25) is 0 Å². The Morgan fingerprint density at radius 2 is 1.64 bits per heavy atom. The number of hydrogen-bond donors (Lipinski definition) is 2. The van der Waals surface area contributed by atoms with Gasteiger partial charge in [0, 0.05) is 23.2 Å². The van der Waals surface area contributed by atoms with Gasteiger partial charge in [0.1, 0.15) is 0 Å². The Kier molecular flexibility index (Phi) is 6.01. The average molecular weight is 411 g/mol. The summed E-state index contributed by atoms with van der Waals surface area (Å²) < 4.78 is 37.8. The van der Waals surface area contributed by atoms with E-state index in [2.05, 4.69) is 10.6 Å². The molecule has 150 valence electrons. The minimum absolute atomic E-state index is 0. The largest absolute Gasteiger partial charge is 0.416 e. The molecule has 7 heteroatoms. The quantitative estimate of drug-likeness (QED) is 0.684. The third kappa shape index (κ3) is 5.06. The highest BCUT2D eigenvalue weighted by atomic mass is 35.5. The zero-order valence-electron chi connectivity index (χ0n) is 15.1. The van der Waals surface area contributed by atoms with E-state index in [1.807, 2.05) is 24.3 Å². The van der Waals surface area contributed by atoms with E-state index in [1.165, 1.54) is 30.5 Å². The van der Waals surface area contributed by atoms with Crippen LogP contribution in [0.25, 0.3) is 0 Å². The zero-order valence-corrected chi connectivity index (χ0v) is 15.9. The molecule has 28 heavy (non-hydrogen) atoms. The number of halogens is 4. The second kappa shape index (κ2) is 8.13. The van der Waals surface area contributed by atoms with E-state index in [1.54, 1.807) is 0 Å². The lowest BCUT2D eigenvalue weighted by molar-refractivity contribution is -0.137. The molecule has 1 amide bonds. The van der Waals surface area contributed by atoms with Gasteiger partial charge in [-0.2, -0.15) is 13.2 Å². The van der Waals surface area contributed by atoms with Crippen LogP contribution >= 0.6 is 12.4 Å². The van der Waals surface area contributed by atoms with Gasteiger partial charge in [0.25, 0.3) is 5.91 Å². The van der Waals surface area contributed by atoms with Crippen molar-refractivity contribution in [3.05, 3.63) is 65.2 Å². The summed E-state index contributed by atoms with van der Waals surface area (Å²) in [6, 6.07) is 12.5. The van der Waals surface area contributed by atoms with Gasteiger partial charge in [-0.25, -0.2) is 0 Å². The number of rotatable bonds is 6. The monoisotopic (exact) mass is 410 g/mol. The van der Waals surface area contributed by atoms with E-state index in [4.69, 9.17) is 0 Å². The van der Waals surface area contributed by atoms with E-state index in [0.29, 0.717) is 17.6 Å². The highest BCUT2D eigenvalue weighted by molar-refractivity contribution is 6.04. The van der Waals surface area contributed by atoms with Crippen molar-refractivity contribution in [3.63, 3.8) is 0 Å². The first kappa shape index (κ1) is 20.7. The van der Waals surface area contributed by atoms with Crippen molar-refractivity contribution in [1.82, 2.24) is 5.32 Å². The molecule has 2 unspecified atom stereocenters. The zero-order chi connectivity index (χ0) is 19.0. The number of alkyl halides is 3. The average Bonchev–Trinajstić information content (AvgIpc) is 3.54. The maximum absolute atomic E-state index is 12.6. The molecule has 2 aliphatic carbocycles. The molecule has 2 atom stereocenters. The van der Waals surface area contributed by atoms with Crippen molar-refractivity contribution in [1.29, 1.82) is 0 Å². The molecular weight excluding hydrogens is 389 g/mol. The van der Waals surface area contributed by atoms with E-state index < -0.39 is 17.6 Å². The molecule has 0 spiro atoms. The van der Waals surface area contributed by atoms with Gasteiger partial charge in [0.15, 0.2) is 0 Å². The molecular formula is C21H22ClF3N2O. The molecule has 2 aromatic rings. The summed E-state index contributed by atoms with van der Waals surface area (Å²) in [5.41, 5.74) is 1.30. The Balaban J connectivity index is 0.00000225. The second-order valence-electron chi connectivity index (χ2n) is 7.45. The third-order valence-corrected chi connectivity index (χ3v) is 5.23. The number of benzene rings is 2. The fourth-order valence-electron chi connectivity index (χ4n) is 3.26. The van der Waals surface area contributed by atoms with Crippen LogP contribution in [0.1, 0.15) is 46.7 Å². The standard InChI is InChI=1S/C21H21F3N2O.ClH/c22-21(23,24)16-7-3-15(4-8-16)20(27)26-17-9-5-14(6-10-17)18-11-19(18)25-12-13-1-2-13;/h3-10,13,18-19,25H,1-2,11-12H2,(H,26,27);1H. The topological polar surface area (TPSA) is 41.1 Å². The van der Waals surface area contributed by atoms with E-state index in [-0.39, 0.29) is 18.0 Å². The Labute approximate surface area is 168 Å². The number of hydrogen-bond acceptors (Lipinski definition) is 2. The number of carbonyl (C=O) groups is 1. The molecule has 3 nitrogen and oxygen atoms in total. The van der Waals surface area contributed by atoms with Crippen LogP contribution in [0.2, 0.25) is 0 Å². The second-order valence-corrected chi connectivity index (χ2v) is 7.45. The van der Waals surface area contributed by atoms with Gasteiger partial charge in [-0.15, -0.1) is 12.4 Å². The van der Waals surface area contributed by atoms with Crippen molar-refractivity contribution in [3.8, 4) is 0 Å². The van der Waals surface area contributed by atoms with Gasteiger partial charge in [-0.1, -0.05) is 12.1 Å². The van der Waals surface area contributed by atoms with Crippen molar-refractivity contribution >= 4 is 24.0 Å². The smallest absolute Gasteiger partial charge is 0.322 e. The minimum Gasteiger partial charge on any atom is -0.322 e. The van der Waals surface area contributed by atoms with Gasteiger partial charge in [-0.3, -0.25) is 4.79 Å². The first-order valence-electron chi connectivity index (χ1n) is 9.22. The lowest BCUT2D eigenvalue weighted by Gasteiger charge is -2.09. The van der Waals surface area contributed by atoms with E-state index in [9.17, 15) is 18.0 Å². The highest BCUT2D eigenvalue weighted by Gasteiger charge is 2.38. The molecule has 0 aliphatic heterocycles. The Morgan fingerprint density at radius 1 is 1.00 bits per heavy atom. The van der Waals surface area contributed by atoms with Crippen molar-refractivity contribution < 1.29 is 18.0 Å². The molecule has 0 radical (unpaired) electrons. The van der Waals surface area contributed by atoms with Crippen LogP contribution in [0.4, 0.5) is 18.9 Å². The molecule has 4 rings (SSSR count). The van der Waals surface area contributed by atoms with Gasteiger partial charge in [-0.05, 0) is 73.7 Å². The molecule has 2 fully saturated rings. The molecule has 2 saturated carbocycles. The number of carbonyl (C=O) groups excluding carboxylic acids is 1. The fraction of sp³-hybridized carbons (Fsp3) is 0.381. The number of amides is 1. The minimum atomic E-state index is -4.40. The van der Waals surface area contributed by atoms with Crippen molar-refractivity contribution in [2.45, 2.75) is 37.4 Å². The lowest BCUT2D eigenvalue weighted by Crippen LogP contribution is -2.20. The highest BCUT2D eigenvalue weighted by Crippen LogP contribution is 2.42. The van der Waals surface area contributed by atoms with E-state index >= 15 is 0 Å². The van der Waals surface area contributed by atoms with Crippen LogP contribution in [-0.4, -0.2) is 18.5 Å². The maximum atomic E-state index is 12.6. The molecule has 0 saturated heterocycles. The van der Waals surface area contributed by atoms with Crippen LogP contribution < -0.4 is 10.6 Å². The summed E-state index contributed by atoms with van der Waals surface area (Å²) in [7, 11) is 0. The third-order valence-electron chi connectivity index (χ3n) is 5.23. The summed E-state index contributed by atoms with van der Waals surface area (Å²) in [6.07, 6.45) is -0.571. The van der Waals surface area contributed by atoms with Crippen molar-refractivity contribution in [2.75, 3.05) is 11.9 Å². The summed E-state index contributed by atoms with van der Waals surface area (Å²) >= 11 is 0. The molecule has 2 aromatic carbocycles. The Morgan fingerprint density at radius 3 is 2.21 bits per heavy atom. The molecule has 2 aliphatic rings. The summed E-state index contributed by atoms with van der Waals surface area (Å²) in [5.74, 6) is 0.976.